The number of ether oxygens (including phenoxy) is 2. The van der Waals surface area contributed by atoms with Crippen molar-refractivity contribution < 1.29 is 14.3 Å². The minimum atomic E-state index is -0.252. The number of esters is 1. The van der Waals surface area contributed by atoms with Crippen LogP contribution in [0.15, 0.2) is 24.3 Å². The molecule has 3 heteroatoms. The van der Waals surface area contributed by atoms with Crippen LogP contribution in [0.1, 0.15) is 66.8 Å². The van der Waals surface area contributed by atoms with Gasteiger partial charge in [0.25, 0.3) is 0 Å². The molecule has 2 fully saturated rings. The Morgan fingerprint density at radius 1 is 1.04 bits per heavy atom. The number of rotatable bonds is 5. The Hall–Kier alpha value is -1.35. The normalized spacial score (nSPS) is 25.4. The molecule has 0 spiro atoms. The Labute approximate surface area is 139 Å². The molecule has 2 atom stereocenters. The van der Waals surface area contributed by atoms with Crippen molar-refractivity contribution in [3.05, 3.63) is 35.4 Å². The second kappa shape index (κ2) is 7.96. The van der Waals surface area contributed by atoms with E-state index in [2.05, 4.69) is 12.1 Å². The van der Waals surface area contributed by atoms with Crippen molar-refractivity contribution in [3.8, 4) is 0 Å². The Bertz CT molecular complexity index is 504. The first-order valence-electron chi connectivity index (χ1n) is 9.02. The van der Waals surface area contributed by atoms with E-state index in [0.717, 1.165) is 25.0 Å². The molecule has 0 amide bonds. The summed E-state index contributed by atoms with van der Waals surface area (Å²) in [5.74, 6) is 2.13. The van der Waals surface area contributed by atoms with E-state index in [-0.39, 0.29) is 5.97 Å². The molecular formula is C20H28O3. The van der Waals surface area contributed by atoms with Crippen LogP contribution in [0.3, 0.4) is 0 Å². The lowest BCUT2D eigenvalue weighted by molar-refractivity contribution is -0.0381. The van der Waals surface area contributed by atoms with Gasteiger partial charge in [-0.05, 0) is 55.2 Å². The minimum Gasteiger partial charge on any atom is -0.465 e. The van der Waals surface area contributed by atoms with E-state index in [0.29, 0.717) is 11.5 Å². The maximum absolute atomic E-state index is 11.5. The lowest BCUT2D eigenvalue weighted by Gasteiger charge is -2.27. The number of benzene rings is 1. The van der Waals surface area contributed by atoms with Gasteiger partial charge in [-0.25, -0.2) is 4.79 Å². The summed E-state index contributed by atoms with van der Waals surface area (Å²) in [6.07, 6.45) is 9.34. The SMILES string of the molecule is COC(=O)c1ccc(C2CCCC(CCC3COC3)CC2)cc1. The molecule has 1 saturated carbocycles. The summed E-state index contributed by atoms with van der Waals surface area (Å²) in [5, 5.41) is 0. The molecule has 3 nitrogen and oxygen atoms in total. The molecule has 0 aromatic heterocycles. The third-order valence-corrected chi connectivity index (χ3v) is 5.58. The molecule has 0 radical (unpaired) electrons. The summed E-state index contributed by atoms with van der Waals surface area (Å²) < 4.78 is 10.0. The van der Waals surface area contributed by atoms with Gasteiger partial charge in [-0.2, -0.15) is 0 Å². The van der Waals surface area contributed by atoms with Crippen LogP contribution in [0.25, 0.3) is 0 Å². The van der Waals surface area contributed by atoms with Gasteiger partial charge in [-0.3, -0.25) is 0 Å². The van der Waals surface area contributed by atoms with Gasteiger partial charge >= 0.3 is 5.97 Å². The number of methoxy groups -OCH3 is 1. The highest BCUT2D eigenvalue weighted by Crippen LogP contribution is 2.36. The van der Waals surface area contributed by atoms with E-state index in [1.54, 1.807) is 0 Å². The van der Waals surface area contributed by atoms with E-state index in [1.807, 2.05) is 12.1 Å². The molecule has 1 aliphatic heterocycles. The van der Waals surface area contributed by atoms with Gasteiger partial charge in [0.15, 0.2) is 0 Å². The first-order valence-corrected chi connectivity index (χ1v) is 9.02. The first kappa shape index (κ1) is 16.5. The number of hydrogen-bond donors (Lipinski definition) is 0. The molecule has 0 bridgehead atoms. The van der Waals surface area contributed by atoms with Crippen molar-refractivity contribution in [1.29, 1.82) is 0 Å². The maximum atomic E-state index is 11.5. The number of carbonyl (C=O) groups excluding carboxylic acids is 1. The van der Waals surface area contributed by atoms with Gasteiger partial charge in [0.1, 0.15) is 0 Å². The van der Waals surface area contributed by atoms with Gasteiger partial charge in [-0.1, -0.05) is 31.4 Å². The Kier molecular flexibility index (Phi) is 5.71. The predicted molar refractivity (Wildman–Crippen MR) is 90.6 cm³/mol. The van der Waals surface area contributed by atoms with Crippen molar-refractivity contribution in [2.45, 2.75) is 50.9 Å². The molecule has 23 heavy (non-hydrogen) atoms. The molecule has 1 aromatic rings. The molecule has 126 valence electrons. The standard InChI is InChI=1S/C20H28O3/c1-22-20(21)19-11-9-18(10-12-19)17-4-2-3-15(7-8-17)5-6-16-13-23-14-16/h9-12,15-17H,2-8,13-14H2,1H3. The molecule has 3 rings (SSSR count). The van der Waals surface area contributed by atoms with Gasteiger partial charge < -0.3 is 9.47 Å². The van der Waals surface area contributed by atoms with Gasteiger partial charge in [0.2, 0.25) is 0 Å². The molecule has 1 saturated heterocycles. The van der Waals surface area contributed by atoms with Crippen LogP contribution in [0.4, 0.5) is 0 Å². The van der Waals surface area contributed by atoms with E-state index >= 15 is 0 Å². The average molecular weight is 316 g/mol. The van der Waals surface area contributed by atoms with Crippen LogP contribution in [0, 0.1) is 11.8 Å². The van der Waals surface area contributed by atoms with Gasteiger partial charge in [0, 0.05) is 5.92 Å². The molecule has 1 aliphatic carbocycles. The van der Waals surface area contributed by atoms with Gasteiger partial charge in [-0.15, -0.1) is 0 Å². The van der Waals surface area contributed by atoms with Crippen molar-refractivity contribution in [1.82, 2.24) is 0 Å². The van der Waals surface area contributed by atoms with Crippen LogP contribution in [-0.4, -0.2) is 26.3 Å². The Morgan fingerprint density at radius 2 is 1.78 bits per heavy atom. The van der Waals surface area contributed by atoms with Gasteiger partial charge in [0.05, 0.1) is 25.9 Å². The van der Waals surface area contributed by atoms with Crippen LogP contribution in [0.2, 0.25) is 0 Å². The van der Waals surface area contributed by atoms with E-state index in [1.165, 1.54) is 57.6 Å². The molecule has 2 unspecified atom stereocenters. The fourth-order valence-electron chi connectivity index (χ4n) is 3.93. The fraction of sp³-hybridized carbons (Fsp3) is 0.650. The van der Waals surface area contributed by atoms with E-state index in [4.69, 9.17) is 9.47 Å². The molecule has 1 heterocycles. The number of carbonyl (C=O) groups is 1. The van der Waals surface area contributed by atoms with E-state index in [9.17, 15) is 4.79 Å². The van der Waals surface area contributed by atoms with Crippen LogP contribution in [0.5, 0.6) is 0 Å². The molecule has 0 N–H and O–H groups in total. The lowest BCUT2D eigenvalue weighted by atomic mass is 9.88. The highest BCUT2D eigenvalue weighted by atomic mass is 16.5. The van der Waals surface area contributed by atoms with E-state index < -0.39 is 0 Å². The quantitative estimate of drug-likeness (QED) is 0.590. The predicted octanol–water partition coefficient (Wildman–Crippen LogP) is 4.56. The van der Waals surface area contributed by atoms with Crippen molar-refractivity contribution in [2.24, 2.45) is 11.8 Å². The lowest BCUT2D eigenvalue weighted by Crippen LogP contribution is -2.27. The van der Waals surface area contributed by atoms with Crippen LogP contribution >= 0.6 is 0 Å². The smallest absolute Gasteiger partial charge is 0.337 e. The zero-order valence-corrected chi connectivity index (χ0v) is 14.1. The first-order chi connectivity index (χ1) is 11.3. The Balaban J connectivity index is 1.51. The van der Waals surface area contributed by atoms with Crippen molar-refractivity contribution >= 4 is 5.97 Å². The minimum absolute atomic E-state index is 0.252. The highest BCUT2D eigenvalue weighted by molar-refractivity contribution is 5.89. The van der Waals surface area contributed by atoms with Crippen molar-refractivity contribution in [3.63, 3.8) is 0 Å². The third kappa shape index (κ3) is 4.35. The Morgan fingerprint density at radius 3 is 2.43 bits per heavy atom. The van der Waals surface area contributed by atoms with Crippen LogP contribution < -0.4 is 0 Å². The summed E-state index contributed by atoms with van der Waals surface area (Å²) in [6.45, 7) is 1.98. The molecule has 2 aliphatic rings. The highest BCUT2D eigenvalue weighted by Gasteiger charge is 2.23. The average Bonchev–Trinajstić information content (AvgIpc) is 2.78. The topological polar surface area (TPSA) is 35.5 Å². The summed E-state index contributed by atoms with van der Waals surface area (Å²) >= 11 is 0. The summed E-state index contributed by atoms with van der Waals surface area (Å²) in [6, 6.07) is 8.03. The van der Waals surface area contributed by atoms with Crippen molar-refractivity contribution in [2.75, 3.05) is 20.3 Å². The largest absolute Gasteiger partial charge is 0.465 e. The summed E-state index contributed by atoms with van der Waals surface area (Å²) in [5.41, 5.74) is 2.02. The van der Waals surface area contributed by atoms with Crippen LogP contribution in [-0.2, 0) is 9.47 Å². The second-order valence-corrected chi connectivity index (χ2v) is 7.17. The fourth-order valence-corrected chi connectivity index (χ4v) is 3.93. The monoisotopic (exact) mass is 316 g/mol. The summed E-state index contributed by atoms with van der Waals surface area (Å²) in [7, 11) is 1.43. The number of hydrogen-bond acceptors (Lipinski definition) is 3. The zero-order chi connectivity index (χ0) is 16.1. The zero-order valence-electron chi connectivity index (χ0n) is 14.1. The summed E-state index contributed by atoms with van der Waals surface area (Å²) in [4.78, 5) is 11.5. The molecular weight excluding hydrogens is 288 g/mol. The molecule has 1 aromatic carbocycles. The third-order valence-electron chi connectivity index (χ3n) is 5.58. The second-order valence-electron chi connectivity index (χ2n) is 7.17. The maximum Gasteiger partial charge on any atom is 0.337 e.